The van der Waals surface area contributed by atoms with Crippen LogP contribution in [0.25, 0.3) is 11.0 Å². The van der Waals surface area contributed by atoms with Crippen LogP contribution >= 0.6 is 23.2 Å². The van der Waals surface area contributed by atoms with Crippen molar-refractivity contribution in [2.75, 3.05) is 5.32 Å². The summed E-state index contributed by atoms with van der Waals surface area (Å²) in [6, 6.07) is 8.68. The first kappa shape index (κ1) is 16.2. The van der Waals surface area contributed by atoms with Gasteiger partial charge in [-0.2, -0.15) is 0 Å². The van der Waals surface area contributed by atoms with Crippen molar-refractivity contribution >= 4 is 51.9 Å². The molecule has 0 saturated heterocycles. The Balaban J connectivity index is 1.72. The Labute approximate surface area is 146 Å². The van der Waals surface area contributed by atoms with E-state index in [2.05, 4.69) is 20.6 Å². The molecule has 0 aliphatic carbocycles. The second-order valence-corrected chi connectivity index (χ2v) is 5.64. The molecule has 3 rings (SSSR count). The number of nitrogens with one attached hydrogen (secondary N) is 2. The number of rotatable bonds is 2. The molecule has 0 bridgehead atoms. The largest absolute Gasteiger partial charge is 0.326 e. The van der Waals surface area contributed by atoms with Gasteiger partial charge in [0.15, 0.2) is 0 Å². The van der Waals surface area contributed by atoms with Crippen molar-refractivity contribution in [2.45, 2.75) is 0 Å². The predicted molar refractivity (Wildman–Crippen MR) is 92.5 cm³/mol. The highest BCUT2D eigenvalue weighted by atomic mass is 35.5. The van der Waals surface area contributed by atoms with Crippen LogP contribution in [0.1, 0.15) is 10.4 Å². The molecule has 3 amide bonds. The average Bonchev–Trinajstić information content (AvgIpc) is 2.57. The van der Waals surface area contributed by atoms with Crippen molar-refractivity contribution in [3.63, 3.8) is 0 Å². The summed E-state index contributed by atoms with van der Waals surface area (Å²) in [6.07, 6.45) is 3.09. The Morgan fingerprint density at radius 1 is 0.917 bits per heavy atom. The number of halogens is 2. The van der Waals surface area contributed by atoms with Crippen LogP contribution in [0.3, 0.4) is 0 Å². The molecular weight excluding hydrogens is 351 g/mol. The van der Waals surface area contributed by atoms with E-state index in [4.69, 9.17) is 23.2 Å². The molecule has 2 N–H and O–H groups in total. The number of carbonyl (C=O) groups excluding carboxylic acids is 2. The van der Waals surface area contributed by atoms with Crippen LogP contribution < -0.4 is 10.6 Å². The average molecular weight is 361 g/mol. The van der Waals surface area contributed by atoms with Crippen LogP contribution in [0.15, 0.2) is 48.8 Å². The molecule has 8 heteroatoms. The molecular formula is C16H10Cl2N4O2. The minimum absolute atomic E-state index is 0.270. The maximum atomic E-state index is 12.2. The minimum atomic E-state index is -0.705. The first-order valence-corrected chi connectivity index (χ1v) is 7.57. The Morgan fingerprint density at radius 3 is 2.42 bits per heavy atom. The molecule has 0 spiro atoms. The van der Waals surface area contributed by atoms with Gasteiger partial charge in [0.2, 0.25) is 0 Å². The number of aromatic nitrogens is 2. The van der Waals surface area contributed by atoms with Crippen LogP contribution in [0.2, 0.25) is 10.0 Å². The first-order valence-electron chi connectivity index (χ1n) is 6.81. The number of hydrogen-bond donors (Lipinski definition) is 2. The predicted octanol–water partition coefficient (Wildman–Crippen LogP) is 3.90. The Kier molecular flexibility index (Phi) is 4.59. The molecule has 1 heterocycles. The van der Waals surface area contributed by atoms with Crippen molar-refractivity contribution in [3.8, 4) is 0 Å². The number of nitrogens with zero attached hydrogens (tertiary/aromatic N) is 2. The lowest BCUT2D eigenvalue weighted by molar-refractivity contribution is 0.0967. The van der Waals surface area contributed by atoms with E-state index in [9.17, 15) is 9.59 Å². The van der Waals surface area contributed by atoms with Gasteiger partial charge in [0.05, 0.1) is 21.7 Å². The fourth-order valence-corrected chi connectivity index (χ4v) is 2.48. The summed E-state index contributed by atoms with van der Waals surface area (Å²) in [5.41, 5.74) is 1.86. The maximum Gasteiger partial charge on any atom is 0.326 e. The van der Waals surface area contributed by atoms with Crippen molar-refractivity contribution < 1.29 is 9.59 Å². The topological polar surface area (TPSA) is 84.0 Å². The standard InChI is InChI=1S/C16H10Cl2N4O2/c17-10-2-4-12(11(18)8-10)21-16(24)22-15(23)9-1-3-13-14(7-9)20-6-5-19-13/h1-8H,(H2,21,22,23,24). The number of benzene rings is 2. The summed E-state index contributed by atoms with van der Waals surface area (Å²) < 4.78 is 0. The van der Waals surface area contributed by atoms with Gasteiger partial charge in [0.1, 0.15) is 0 Å². The van der Waals surface area contributed by atoms with Gasteiger partial charge < -0.3 is 5.32 Å². The van der Waals surface area contributed by atoms with E-state index in [1.165, 1.54) is 12.3 Å². The normalized spacial score (nSPS) is 10.4. The number of imide groups is 1. The number of hydrogen-bond acceptors (Lipinski definition) is 4. The molecule has 2 aromatic carbocycles. The summed E-state index contributed by atoms with van der Waals surface area (Å²) in [6.45, 7) is 0. The molecule has 1 aromatic heterocycles. The lowest BCUT2D eigenvalue weighted by Crippen LogP contribution is -2.34. The van der Waals surface area contributed by atoms with Crippen molar-refractivity contribution in [2.24, 2.45) is 0 Å². The van der Waals surface area contributed by atoms with Crippen LogP contribution in [0, 0.1) is 0 Å². The van der Waals surface area contributed by atoms with Gasteiger partial charge in [-0.05, 0) is 36.4 Å². The van der Waals surface area contributed by atoms with Gasteiger partial charge in [-0.1, -0.05) is 23.2 Å². The quantitative estimate of drug-likeness (QED) is 0.725. The first-order chi connectivity index (χ1) is 11.5. The van der Waals surface area contributed by atoms with Crippen molar-refractivity contribution in [1.29, 1.82) is 0 Å². The van der Waals surface area contributed by atoms with Crippen LogP contribution in [-0.2, 0) is 0 Å². The van der Waals surface area contributed by atoms with E-state index >= 15 is 0 Å². The highest BCUT2D eigenvalue weighted by Crippen LogP contribution is 2.25. The third-order valence-corrected chi connectivity index (χ3v) is 3.69. The maximum absolute atomic E-state index is 12.2. The molecule has 3 aromatic rings. The molecule has 0 aliphatic rings. The Morgan fingerprint density at radius 2 is 1.67 bits per heavy atom. The number of carbonyl (C=O) groups is 2. The van der Waals surface area contributed by atoms with Crippen LogP contribution in [0.4, 0.5) is 10.5 Å². The zero-order valence-corrected chi connectivity index (χ0v) is 13.6. The molecule has 0 atom stereocenters. The van der Waals surface area contributed by atoms with Gasteiger partial charge in [-0.3, -0.25) is 20.1 Å². The second-order valence-electron chi connectivity index (χ2n) is 4.79. The Hall–Kier alpha value is -2.70. The molecule has 6 nitrogen and oxygen atoms in total. The monoisotopic (exact) mass is 360 g/mol. The molecule has 0 unspecified atom stereocenters. The smallest absolute Gasteiger partial charge is 0.306 e. The molecule has 120 valence electrons. The highest BCUT2D eigenvalue weighted by molar-refractivity contribution is 6.36. The van der Waals surface area contributed by atoms with Crippen LogP contribution in [0.5, 0.6) is 0 Å². The summed E-state index contributed by atoms with van der Waals surface area (Å²) >= 11 is 11.8. The van der Waals surface area contributed by atoms with E-state index < -0.39 is 11.9 Å². The lowest BCUT2D eigenvalue weighted by atomic mass is 10.2. The number of anilines is 1. The van der Waals surface area contributed by atoms with Crippen LogP contribution in [-0.4, -0.2) is 21.9 Å². The number of fused-ring (bicyclic) bond motifs is 1. The fraction of sp³-hybridized carbons (Fsp3) is 0. The number of amides is 3. The van der Waals surface area contributed by atoms with E-state index in [0.717, 1.165) is 0 Å². The summed E-state index contributed by atoms with van der Waals surface area (Å²) in [5.74, 6) is -0.565. The molecule has 0 saturated carbocycles. The molecule has 0 radical (unpaired) electrons. The lowest BCUT2D eigenvalue weighted by Gasteiger charge is -2.08. The van der Waals surface area contributed by atoms with Crippen molar-refractivity contribution in [3.05, 3.63) is 64.4 Å². The Bertz CT molecular complexity index is 946. The van der Waals surface area contributed by atoms with Gasteiger partial charge in [0, 0.05) is 23.0 Å². The van der Waals surface area contributed by atoms with E-state index in [1.807, 2.05) is 0 Å². The SMILES string of the molecule is O=C(NC(=O)c1ccc2nccnc2c1)Nc1ccc(Cl)cc1Cl. The minimum Gasteiger partial charge on any atom is -0.306 e. The van der Waals surface area contributed by atoms with E-state index in [1.54, 1.807) is 36.5 Å². The zero-order valence-electron chi connectivity index (χ0n) is 12.1. The number of urea groups is 1. The van der Waals surface area contributed by atoms with Gasteiger partial charge in [0.25, 0.3) is 5.91 Å². The van der Waals surface area contributed by atoms with Crippen molar-refractivity contribution in [1.82, 2.24) is 15.3 Å². The second kappa shape index (κ2) is 6.82. The van der Waals surface area contributed by atoms with Gasteiger partial charge in [-0.15, -0.1) is 0 Å². The molecule has 24 heavy (non-hydrogen) atoms. The molecule has 0 aliphatic heterocycles. The zero-order chi connectivity index (χ0) is 17.1. The van der Waals surface area contributed by atoms with E-state index in [-0.39, 0.29) is 5.02 Å². The van der Waals surface area contributed by atoms with E-state index in [0.29, 0.717) is 27.3 Å². The summed E-state index contributed by atoms with van der Waals surface area (Å²) in [4.78, 5) is 32.3. The third-order valence-electron chi connectivity index (χ3n) is 3.14. The summed E-state index contributed by atoms with van der Waals surface area (Å²) in [5, 5.41) is 5.42. The third kappa shape index (κ3) is 3.61. The molecule has 0 fully saturated rings. The van der Waals surface area contributed by atoms with Gasteiger partial charge in [-0.25, -0.2) is 4.79 Å². The van der Waals surface area contributed by atoms with Gasteiger partial charge >= 0.3 is 6.03 Å². The fourth-order valence-electron chi connectivity index (χ4n) is 2.02. The summed E-state index contributed by atoms with van der Waals surface area (Å²) in [7, 11) is 0. The highest BCUT2D eigenvalue weighted by Gasteiger charge is 2.12.